The van der Waals surface area contributed by atoms with Gasteiger partial charge >= 0.3 is 5.97 Å². The number of carbonyl (C=O) groups is 2. The molecule has 0 spiro atoms. The van der Waals surface area contributed by atoms with Gasteiger partial charge in [0.1, 0.15) is 6.10 Å². The van der Waals surface area contributed by atoms with E-state index >= 15 is 0 Å². The van der Waals surface area contributed by atoms with Gasteiger partial charge in [-0.3, -0.25) is 19.1 Å². The molecule has 0 saturated heterocycles. The van der Waals surface area contributed by atoms with Gasteiger partial charge in [-0.05, 0) is 133 Å². The van der Waals surface area contributed by atoms with Gasteiger partial charge in [0.2, 0.25) is 0 Å². The van der Waals surface area contributed by atoms with E-state index in [-0.39, 0.29) is 35.4 Å². The van der Waals surface area contributed by atoms with E-state index in [9.17, 15) is 9.59 Å². The first kappa shape index (κ1) is 40.0. The molecule has 2 heterocycles. The van der Waals surface area contributed by atoms with Crippen LogP contribution in [0.15, 0.2) is 71.7 Å². The molecule has 0 amide bonds. The van der Waals surface area contributed by atoms with Crippen LogP contribution in [0.25, 0.3) is 11.4 Å². The fraction of sp³-hybridized carbons (Fsp3) is 0.638. The molecule has 1 aromatic carbocycles. The average molecular weight is 765 g/mol. The lowest BCUT2D eigenvalue weighted by Gasteiger charge is -2.58. The zero-order chi connectivity index (χ0) is 38.7. The number of rotatable bonds is 14. The van der Waals surface area contributed by atoms with Crippen LogP contribution in [0.3, 0.4) is 0 Å². The number of ether oxygens (including phenoxy) is 1. The summed E-state index contributed by atoms with van der Waals surface area (Å²) in [6, 6.07) is 13.9. The number of carbonyl (C=O) groups excluding carboxylic acids is 2. The molecule has 0 bridgehead atoms. The number of nitrogens with zero attached hydrogens (tertiary/aromatic N) is 4. The molecule has 3 aromatic rings. The van der Waals surface area contributed by atoms with Gasteiger partial charge in [-0.2, -0.15) is 0 Å². The summed E-state index contributed by atoms with van der Waals surface area (Å²) in [5.74, 6) is 6.07. The maximum absolute atomic E-state index is 13.2. The summed E-state index contributed by atoms with van der Waals surface area (Å²) in [5, 5.41) is 9.22. The normalized spacial score (nSPS) is 29.8. The molecule has 0 aliphatic heterocycles. The topological polar surface area (TPSA) is 87.0 Å². The number of thioether (sulfide) groups is 1. The second-order valence-corrected chi connectivity index (χ2v) is 19.4. The number of pyridine rings is 1. The highest BCUT2D eigenvalue weighted by atomic mass is 32.2. The lowest BCUT2D eigenvalue weighted by molar-refractivity contribution is -0.152. The molecule has 0 N–H and O–H groups in total. The van der Waals surface area contributed by atoms with Crippen LogP contribution < -0.4 is 0 Å². The fourth-order valence-electron chi connectivity index (χ4n) is 12.0. The molecule has 7 nitrogen and oxygen atoms in total. The van der Waals surface area contributed by atoms with E-state index in [2.05, 4.69) is 62.8 Å². The molecule has 55 heavy (non-hydrogen) atoms. The van der Waals surface area contributed by atoms with Gasteiger partial charge in [-0.15, -0.1) is 10.2 Å². The highest BCUT2D eigenvalue weighted by Crippen LogP contribution is 2.67. The second kappa shape index (κ2) is 17.1. The molecule has 4 aliphatic rings. The Morgan fingerprint density at radius 2 is 1.71 bits per heavy atom. The van der Waals surface area contributed by atoms with E-state index in [0.717, 1.165) is 83.6 Å². The summed E-state index contributed by atoms with van der Waals surface area (Å²) in [6.45, 7) is 15.5. The van der Waals surface area contributed by atoms with E-state index in [4.69, 9.17) is 4.74 Å². The van der Waals surface area contributed by atoms with Crippen molar-refractivity contribution < 1.29 is 14.3 Å². The number of fused-ring (bicyclic) bond motifs is 5. The molecule has 0 unspecified atom stereocenters. The third-order valence-electron chi connectivity index (χ3n) is 15.2. The van der Waals surface area contributed by atoms with Gasteiger partial charge in [0.15, 0.2) is 16.1 Å². The van der Waals surface area contributed by atoms with Crippen molar-refractivity contribution >= 4 is 22.8 Å². The first-order valence-electron chi connectivity index (χ1n) is 21.5. The van der Waals surface area contributed by atoms with Gasteiger partial charge in [0, 0.05) is 30.8 Å². The van der Waals surface area contributed by atoms with Crippen molar-refractivity contribution in [3.63, 3.8) is 0 Å². The Morgan fingerprint density at radius 1 is 0.927 bits per heavy atom. The van der Waals surface area contributed by atoms with Crippen LogP contribution in [-0.4, -0.2) is 36.9 Å². The van der Waals surface area contributed by atoms with Crippen molar-refractivity contribution in [2.45, 2.75) is 143 Å². The number of hydrogen-bond donors (Lipinski definition) is 0. The first-order chi connectivity index (χ1) is 26.5. The smallest absolute Gasteiger partial charge is 0.306 e. The molecule has 4 aliphatic carbocycles. The Hall–Kier alpha value is -3.26. The summed E-state index contributed by atoms with van der Waals surface area (Å²) in [4.78, 5) is 30.5. The molecule has 9 atom stereocenters. The summed E-state index contributed by atoms with van der Waals surface area (Å²) in [7, 11) is 0. The van der Waals surface area contributed by atoms with Crippen LogP contribution in [0, 0.1) is 52.3 Å². The third-order valence-corrected chi connectivity index (χ3v) is 16.1. The lowest BCUT2D eigenvalue weighted by Crippen LogP contribution is -2.51. The highest BCUT2D eigenvalue weighted by Gasteiger charge is 2.59. The maximum Gasteiger partial charge on any atom is 0.306 e. The predicted octanol–water partition coefficient (Wildman–Crippen LogP) is 11.4. The van der Waals surface area contributed by atoms with E-state index < -0.39 is 0 Å². The molecular weight excluding hydrogens is 701 g/mol. The zero-order valence-electron chi connectivity index (χ0n) is 34.2. The maximum atomic E-state index is 13.2. The van der Waals surface area contributed by atoms with E-state index in [1.54, 1.807) is 12.4 Å². The van der Waals surface area contributed by atoms with Crippen molar-refractivity contribution in [3.8, 4) is 11.4 Å². The van der Waals surface area contributed by atoms with E-state index in [0.29, 0.717) is 22.9 Å². The fourth-order valence-corrected chi connectivity index (χ4v) is 12.7. The van der Waals surface area contributed by atoms with Crippen molar-refractivity contribution in [1.82, 2.24) is 19.7 Å². The number of benzene rings is 1. The van der Waals surface area contributed by atoms with Gasteiger partial charge in [0.05, 0.1) is 13.0 Å². The SMILES string of the molecule is CC[C@H](CC[C@@H](C)[C@H]1CC[C@H]2[C@@H]3CC=C4C[C@@H](OC(=O)CCC(=O)Sc5nnc(-c6ccncc6)n5Cc5ccccc5)CC[C@]4(C)[C@H]3CC[C@]12C)C(C)C. The van der Waals surface area contributed by atoms with Crippen LogP contribution >= 0.6 is 11.8 Å². The molecule has 0 radical (unpaired) electrons. The number of esters is 1. The van der Waals surface area contributed by atoms with Crippen LogP contribution in [0.5, 0.6) is 0 Å². The van der Waals surface area contributed by atoms with Crippen molar-refractivity contribution in [2.24, 2.45) is 52.3 Å². The van der Waals surface area contributed by atoms with Crippen LogP contribution in [0.4, 0.5) is 0 Å². The number of aromatic nitrogens is 4. The lowest BCUT2D eigenvalue weighted by atomic mass is 9.47. The Balaban J connectivity index is 0.926. The highest BCUT2D eigenvalue weighted by molar-refractivity contribution is 8.13. The second-order valence-electron chi connectivity index (χ2n) is 18.4. The van der Waals surface area contributed by atoms with Gasteiger partial charge in [0.25, 0.3) is 0 Å². The monoisotopic (exact) mass is 764 g/mol. The van der Waals surface area contributed by atoms with E-state index in [1.165, 1.54) is 56.9 Å². The first-order valence-corrected chi connectivity index (χ1v) is 22.3. The third kappa shape index (κ3) is 8.41. The van der Waals surface area contributed by atoms with Crippen LogP contribution in [0.2, 0.25) is 0 Å². The predicted molar refractivity (Wildman–Crippen MR) is 221 cm³/mol. The van der Waals surface area contributed by atoms with Gasteiger partial charge in [-0.1, -0.05) is 96.4 Å². The minimum atomic E-state index is -0.279. The Morgan fingerprint density at radius 3 is 2.45 bits per heavy atom. The quantitative estimate of drug-likeness (QED) is 0.0917. The molecule has 7 rings (SSSR count). The Labute approximate surface area is 334 Å². The van der Waals surface area contributed by atoms with Crippen LogP contribution in [0.1, 0.15) is 131 Å². The van der Waals surface area contributed by atoms with Crippen molar-refractivity contribution in [1.29, 1.82) is 0 Å². The molecule has 296 valence electrons. The largest absolute Gasteiger partial charge is 0.462 e. The molecule has 3 saturated carbocycles. The van der Waals surface area contributed by atoms with E-state index in [1.807, 2.05) is 47.0 Å². The van der Waals surface area contributed by atoms with Gasteiger partial charge < -0.3 is 4.74 Å². The number of hydrogen-bond acceptors (Lipinski definition) is 7. The zero-order valence-corrected chi connectivity index (χ0v) is 35.0. The summed E-state index contributed by atoms with van der Waals surface area (Å²) >= 11 is 1.05. The molecule has 3 fully saturated rings. The average Bonchev–Trinajstić information content (AvgIpc) is 3.74. The Kier molecular flexibility index (Phi) is 12.4. The molecular formula is C47H64N4O3S. The minimum absolute atomic E-state index is 0.0732. The number of allylic oxidation sites excluding steroid dienone is 1. The Bertz CT molecular complexity index is 1810. The minimum Gasteiger partial charge on any atom is -0.462 e. The van der Waals surface area contributed by atoms with Crippen molar-refractivity contribution in [3.05, 3.63) is 72.1 Å². The summed E-state index contributed by atoms with van der Waals surface area (Å²) in [5.41, 5.74) is 4.17. The van der Waals surface area contributed by atoms with Gasteiger partial charge in [-0.25, -0.2) is 0 Å². The van der Waals surface area contributed by atoms with Crippen LogP contribution in [-0.2, 0) is 20.9 Å². The van der Waals surface area contributed by atoms with Crippen molar-refractivity contribution in [2.75, 3.05) is 0 Å². The summed E-state index contributed by atoms with van der Waals surface area (Å²) < 4.78 is 8.05. The summed E-state index contributed by atoms with van der Waals surface area (Å²) in [6.07, 6.45) is 19.7. The molecule has 8 heteroatoms. The standard InChI is InChI=1S/C47H64N4O3S/c1-7-34(31(2)3)14-13-32(4)39-17-18-40-38-16-15-36-29-37(21-25-46(36,5)41(38)22-26-47(39,40)6)54-42(52)19-20-43(53)55-45-50-49-44(35-23-27-48-28-24-35)51(45)30-33-11-9-8-10-12-33/h8-12,15,23-24,27-28,31-32,34,37-41H,7,13-14,16-22,25-26,29-30H2,1-6H3/t32-,34-,37+,38+,39-,40+,41+,46+,47-/m1/s1. The molecule has 2 aromatic heterocycles.